The fourth-order valence-corrected chi connectivity index (χ4v) is 2.65. The zero-order chi connectivity index (χ0) is 16.8. The van der Waals surface area contributed by atoms with Gasteiger partial charge in [-0.1, -0.05) is 18.2 Å². The van der Waals surface area contributed by atoms with Crippen LogP contribution in [0.3, 0.4) is 0 Å². The summed E-state index contributed by atoms with van der Waals surface area (Å²) >= 11 is 0. The molecule has 0 saturated heterocycles. The summed E-state index contributed by atoms with van der Waals surface area (Å²) in [7, 11) is 0. The first-order chi connectivity index (χ1) is 11.8. The second-order valence-corrected chi connectivity index (χ2v) is 6.07. The van der Waals surface area contributed by atoms with E-state index in [1.165, 1.54) is 10.9 Å². The van der Waals surface area contributed by atoms with Gasteiger partial charge in [0, 0.05) is 36.2 Å². The monoisotopic (exact) mass is 455 g/mol. The summed E-state index contributed by atoms with van der Waals surface area (Å²) in [6, 6.07) is 8.67. The molecular formula is C18H26IN5O. The Morgan fingerprint density at radius 2 is 2.08 bits per heavy atom. The molecule has 0 aliphatic heterocycles. The van der Waals surface area contributed by atoms with Crippen LogP contribution in [0.25, 0.3) is 10.9 Å². The summed E-state index contributed by atoms with van der Waals surface area (Å²) in [4.78, 5) is 19.4. The molecule has 7 heteroatoms. The molecule has 2 aromatic rings. The van der Waals surface area contributed by atoms with Gasteiger partial charge < -0.3 is 20.9 Å². The normalized spacial score (nSPS) is 14.0. The van der Waals surface area contributed by atoms with Crippen molar-refractivity contribution in [2.45, 2.75) is 32.2 Å². The van der Waals surface area contributed by atoms with Gasteiger partial charge in [-0.25, -0.2) is 4.99 Å². The lowest BCUT2D eigenvalue weighted by molar-refractivity contribution is -0.119. The standard InChI is InChI=1S/C18H25N5O.HI/c1-2-19-18(22-12-17(24)23-14-7-8-14)20-10-9-13-11-21-16-6-4-3-5-15(13)16;/h3-6,11,14,21H,2,7-10,12H2,1H3,(H,23,24)(H2,19,20,22);1H. The number of aliphatic imine (C=N–C) groups is 1. The van der Waals surface area contributed by atoms with Crippen molar-refractivity contribution in [2.24, 2.45) is 4.99 Å². The molecule has 1 aromatic carbocycles. The lowest BCUT2D eigenvalue weighted by Gasteiger charge is -2.11. The molecule has 0 radical (unpaired) electrons. The topological polar surface area (TPSA) is 81.3 Å². The molecule has 0 spiro atoms. The predicted molar refractivity (Wildman–Crippen MR) is 113 cm³/mol. The van der Waals surface area contributed by atoms with Gasteiger partial charge >= 0.3 is 0 Å². The molecule has 1 aromatic heterocycles. The summed E-state index contributed by atoms with van der Waals surface area (Å²) in [6.45, 7) is 3.71. The average Bonchev–Trinajstić information content (AvgIpc) is 3.31. The van der Waals surface area contributed by atoms with E-state index in [9.17, 15) is 4.79 Å². The van der Waals surface area contributed by atoms with Crippen LogP contribution in [0.4, 0.5) is 0 Å². The third-order valence-corrected chi connectivity index (χ3v) is 4.03. The van der Waals surface area contributed by atoms with Crippen molar-refractivity contribution in [1.82, 2.24) is 20.9 Å². The van der Waals surface area contributed by atoms with E-state index in [0.717, 1.165) is 37.9 Å². The zero-order valence-electron chi connectivity index (χ0n) is 14.5. The first-order valence-corrected chi connectivity index (χ1v) is 8.63. The Bertz CT molecular complexity index is 723. The molecule has 6 nitrogen and oxygen atoms in total. The van der Waals surface area contributed by atoms with Crippen molar-refractivity contribution in [3.8, 4) is 0 Å². The molecule has 4 N–H and O–H groups in total. The van der Waals surface area contributed by atoms with Crippen molar-refractivity contribution in [3.05, 3.63) is 36.0 Å². The van der Waals surface area contributed by atoms with Crippen molar-refractivity contribution < 1.29 is 4.79 Å². The fourth-order valence-electron chi connectivity index (χ4n) is 2.65. The number of benzene rings is 1. The van der Waals surface area contributed by atoms with Crippen LogP contribution in [0.1, 0.15) is 25.3 Å². The number of H-pyrrole nitrogens is 1. The quantitative estimate of drug-likeness (QED) is 0.294. The van der Waals surface area contributed by atoms with Gasteiger partial charge in [-0.05, 0) is 37.8 Å². The van der Waals surface area contributed by atoms with Gasteiger partial charge in [-0.2, -0.15) is 0 Å². The maximum Gasteiger partial charge on any atom is 0.242 e. The SMILES string of the molecule is CCNC(=NCC(=O)NC1CC1)NCCc1c[nH]c2ccccc12.I. The molecule has 1 aliphatic rings. The Morgan fingerprint density at radius 3 is 2.84 bits per heavy atom. The summed E-state index contributed by atoms with van der Waals surface area (Å²) in [5.41, 5.74) is 2.44. The number of nitrogens with zero attached hydrogens (tertiary/aromatic N) is 1. The maximum atomic E-state index is 11.7. The second-order valence-electron chi connectivity index (χ2n) is 6.07. The molecule has 3 rings (SSSR count). The lowest BCUT2D eigenvalue weighted by Crippen LogP contribution is -2.39. The smallest absolute Gasteiger partial charge is 0.242 e. The van der Waals surface area contributed by atoms with Gasteiger partial charge in [-0.3, -0.25) is 4.79 Å². The summed E-state index contributed by atoms with van der Waals surface area (Å²) < 4.78 is 0. The van der Waals surface area contributed by atoms with Crippen molar-refractivity contribution in [3.63, 3.8) is 0 Å². The van der Waals surface area contributed by atoms with E-state index in [0.29, 0.717) is 12.0 Å². The number of aromatic nitrogens is 1. The highest BCUT2D eigenvalue weighted by molar-refractivity contribution is 14.0. The Hall–Kier alpha value is -1.77. The largest absolute Gasteiger partial charge is 0.361 e. The Morgan fingerprint density at radius 1 is 1.28 bits per heavy atom. The number of fused-ring (bicyclic) bond motifs is 1. The number of halogens is 1. The third kappa shape index (κ3) is 5.91. The minimum Gasteiger partial charge on any atom is -0.361 e. The van der Waals surface area contributed by atoms with Crippen LogP contribution in [-0.4, -0.2) is 42.5 Å². The van der Waals surface area contributed by atoms with Crippen LogP contribution in [0.2, 0.25) is 0 Å². The fraction of sp³-hybridized carbons (Fsp3) is 0.444. The first kappa shape index (κ1) is 19.6. The van der Waals surface area contributed by atoms with E-state index >= 15 is 0 Å². The average molecular weight is 455 g/mol. The van der Waals surface area contributed by atoms with Crippen LogP contribution < -0.4 is 16.0 Å². The van der Waals surface area contributed by atoms with Crippen LogP contribution in [-0.2, 0) is 11.2 Å². The zero-order valence-corrected chi connectivity index (χ0v) is 16.8. The van der Waals surface area contributed by atoms with Crippen LogP contribution in [0.5, 0.6) is 0 Å². The number of rotatable bonds is 7. The van der Waals surface area contributed by atoms with Gasteiger partial charge in [0.15, 0.2) is 5.96 Å². The van der Waals surface area contributed by atoms with Crippen LogP contribution >= 0.6 is 24.0 Å². The van der Waals surface area contributed by atoms with Gasteiger partial charge in [0.25, 0.3) is 0 Å². The van der Waals surface area contributed by atoms with Gasteiger partial charge in [0.1, 0.15) is 6.54 Å². The first-order valence-electron chi connectivity index (χ1n) is 8.63. The summed E-state index contributed by atoms with van der Waals surface area (Å²) in [5, 5.41) is 10.7. The molecule has 1 heterocycles. The number of amides is 1. The van der Waals surface area contributed by atoms with Gasteiger partial charge in [0.2, 0.25) is 5.91 Å². The lowest BCUT2D eigenvalue weighted by atomic mass is 10.1. The van der Waals surface area contributed by atoms with E-state index in [1.807, 2.05) is 13.0 Å². The van der Waals surface area contributed by atoms with E-state index in [2.05, 4.69) is 50.3 Å². The van der Waals surface area contributed by atoms with Crippen molar-refractivity contribution in [1.29, 1.82) is 0 Å². The second kappa shape index (κ2) is 9.65. The number of hydrogen-bond donors (Lipinski definition) is 4. The molecule has 136 valence electrons. The Balaban J connectivity index is 0.00000225. The molecule has 0 bridgehead atoms. The van der Waals surface area contributed by atoms with E-state index < -0.39 is 0 Å². The molecule has 1 aliphatic carbocycles. The third-order valence-electron chi connectivity index (χ3n) is 4.03. The number of guanidine groups is 1. The van der Waals surface area contributed by atoms with Crippen LogP contribution in [0.15, 0.2) is 35.5 Å². The number of carbonyl (C=O) groups excluding carboxylic acids is 1. The molecular weight excluding hydrogens is 429 g/mol. The van der Waals surface area contributed by atoms with E-state index in [4.69, 9.17) is 0 Å². The number of para-hydroxylation sites is 1. The molecule has 0 unspecified atom stereocenters. The van der Waals surface area contributed by atoms with E-state index in [-0.39, 0.29) is 36.4 Å². The number of carbonyl (C=O) groups is 1. The number of nitrogens with one attached hydrogen (secondary N) is 4. The Kier molecular flexibility index (Phi) is 7.54. The molecule has 1 amide bonds. The van der Waals surface area contributed by atoms with Crippen LogP contribution in [0, 0.1) is 0 Å². The molecule has 1 saturated carbocycles. The minimum absolute atomic E-state index is 0. The van der Waals surface area contributed by atoms with E-state index in [1.54, 1.807) is 0 Å². The summed E-state index contributed by atoms with van der Waals surface area (Å²) in [6.07, 6.45) is 5.14. The predicted octanol–water partition coefficient (Wildman–Crippen LogP) is 2.16. The minimum atomic E-state index is -0.00803. The summed E-state index contributed by atoms with van der Waals surface area (Å²) in [5.74, 6) is 0.676. The number of aromatic amines is 1. The highest BCUT2D eigenvalue weighted by Gasteiger charge is 2.22. The molecule has 25 heavy (non-hydrogen) atoms. The van der Waals surface area contributed by atoms with Gasteiger partial charge in [0.05, 0.1) is 0 Å². The highest BCUT2D eigenvalue weighted by Crippen LogP contribution is 2.18. The maximum absolute atomic E-state index is 11.7. The number of hydrogen-bond acceptors (Lipinski definition) is 2. The van der Waals surface area contributed by atoms with Gasteiger partial charge in [-0.15, -0.1) is 24.0 Å². The highest BCUT2D eigenvalue weighted by atomic mass is 127. The molecule has 0 atom stereocenters. The van der Waals surface area contributed by atoms with Crippen molar-refractivity contribution >= 4 is 46.7 Å². The van der Waals surface area contributed by atoms with Crippen molar-refractivity contribution in [2.75, 3.05) is 19.6 Å². The Labute approximate surface area is 165 Å². The molecule has 1 fully saturated rings.